The van der Waals surface area contributed by atoms with Gasteiger partial charge in [-0.1, -0.05) is 23.2 Å². The van der Waals surface area contributed by atoms with Crippen molar-refractivity contribution in [1.82, 2.24) is 0 Å². The lowest BCUT2D eigenvalue weighted by Crippen LogP contribution is -2.50. The second-order valence-electron chi connectivity index (χ2n) is 4.76. The molecule has 1 N–H and O–H groups in total. The van der Waals surface area contributed by atoms with E-state index in [9.17, 15) is 18.3 Å². The molecule has 3 rings (SSSR count). The van der Waals surface area contributed by atoms with Gasteiger partial charge in [-0.2, -0.15) is 13.2 Å². The number of hydrogen-bond acceptors (Lipinski definition) is 2. The van der Waals surface area contributed by atoms with Gasteiger partial charge in [0.1, 0.15) is 6.04 Å². The van der Waals surface area contributed by atoms with Crippen LogP contribution in [0.2, 0.25) is 10.0 Å². The molecule has 1 heterocycles. The Hall–Kier alpha value is -0.780. The molecule has 0 amide bonds. The molecule has 0 saturated heterocycles. The number of rotatable bonds is 0. The minimum atomic E-state index is -4.72. The van der Waals surface area contributed by atoms with Crippen LogP contribution in [0.5, 0.6) is 0 Å². The molecule has 0 radical (unpaired) electrons. The molecule has 0 aromatic heterocycles. The summed E-state index contributed by atoms with van der Waals surface area (Å²) in [5.74, 6) is 0. The number of halogens is 5. The summed E-state index contributed by atoms with van der Waals surface area (Å²) in [6.45, 7) is 0. The Morgan fingerprint density at radius 2 is 2.00 bits per heavy atom. The normalized spacial score (nSPS) is 29.2. The first-order valence-electron chi connectivity index (χ1n) is 5.59. The molecule has 2 unspecified atom stereocenters. The number of fused-ring (bicyclic) bond motifs is 2. The Morgan fingerprint density at radius 3 is 2.63 bits per heavy atom. The molecule has 0 bridgehead atoms. The summed E-state index contributed by atoms with van der Waals surface area (Å²) in [6, 6.07) is 1.67. The SMILES string of the molecule is OC1(C(F)(F)F)CCC2=c3cc(Cl)cc(Cl)c3=NC21. The predicted molar refractivity (Wildman–Crippen MR) is 64.7 cm³/mol. The topological polar surface area (TPSA) is 32.6 Å². The van der Waals surface area contributed by atoms with Crippen molar-refractivity contribution >= 4 is 28.8 Å². The minimum absolute atomic E-state index is 0.133. The fourth-order valence-electron chi connectivity index (χ4n) is 2.72. The molecule has 7 heteroatoms. The van der Waals surface area contributed by atoms with E-state index < -0.39 is 17.8 Å². The van der Waals surface area contributed by atoms with Crippen molar-refractivity contribution in [1.29, 1.82) is 0 Å². The van der Waals surface area contributed by atoms with Crippen LogP contribution in [0.3, 0.4) is 0 Å². The highest BCUT2D eigenvalue weighted by Gasteiger charge is 2.63. The van der Waals surface area contributed by atoms with Crippen LogP contribution in [-0.4, -0.2) is 22.9 Å². The number of benzene rings is 1. The smallest absolute Gasteiger partial charge is 0.378 e. The Labute approximate surface area is 116 Å². The Morgan fingerprint density at radius 1 is 1.32 bits per heavy atom. The van der Waals surface area contributed by atoms with Gasteiger partial charge in [-0.25, -0.2) is 0 Å². The highest BCUT2D eigenvalue weighted by molar-refractivity contribution is 6.34. The van der Waals surface area contributed by atoms with Gasteiger partial charge in [-0.3, -0.25) is 4.99 Å². The van der Waals surface area contributed by atoms with Crippen LogP contribution in [0.15, 0.2) is 17.1 Å². The van der Waals surface area contributed by atoms with Crippen molar-refractivity contribution in [3.63, 3.8) is 0 Å². The molecule has 0 spiro atoms. The lowest BCUT2D eigenvalue weighted by atomic mass is 9.96. The molecule has 2 atom stereocenters. The van der Waals surface area contributed by atoms with Crippen LogP contribution in [0.1, 0.15) is 12.8 Å². The molecule has 102 valence electrons. The van der Waals surface area contributed by atoms with Gasteiger partial charge >= 0.3 is 6.18 Å². The average molecular weight is 310 g/mol. The number of aliphatic hydroxyl groups is 1. The van der Waals surface area contributed by atoms with Crippen LogP contribution in [0.25, 0.3) is 5.57 Å². The van der Waals surface area contributed by atoms with Crippen molar-refractivity contribution in [3.05, 3.63) is 32.8 Å². The first kappa shape index (κ1) is 13.2. The molecule has 1 aliphatic heterocycles. The van der Waals surface area contributed by atoms with Crippen molar-refractivity contribution in [3.8, 4) is 0 Å². The van der Waals surface area contributed by atoms with E-state index in [1.807, 2.05) is 0 Å². The zero-order valence-electron chi connectivity index (χ0n) is 9.43. The number of hydrogen-bond donors (Lipinski definition) is 1. The standard InChI is InChI=1S/C12H8Cl2F3NO/c13-5-3-7-6-1-2-11(19,12(15,16)17)10(6)18-9(7)8(14)4-5/h3-4,10,19H,1-2H2. The van der Waals surface area contributed by atoms with Crippen LogP contribution >= 0.6 is 23.2 Å². The highest BCUT2D eigenvalue weighted by atomic mass is 35.5. The fraction of sp³-hybridized carbons (Fsp3) is 0.417. The first-order chi connectivity index (χ1) is 8.74. The Bertz CT molecular complexity index is 685. The number of nitrogens with zero attached hydrogens (tertiary/aromatic N) is 1. The highest BCUT2D eigenvalue weighted by Crippen LogP contribution is 2.47. The third kappa shape index (κ3) is 1.72. The summed E-state index contributed by atoms with van der Waals surface area (Å²) in [5.41, 5.74) is -2.35. The lowest BCUT2D eigenvalue weighted by molar-refractivity contribution is -0.259. The van der Waals surface area contributed by atoms with Gasteiger partial charge in [0, 0.05) is 10.2 Å². The van der Waals surface area contributed by atoms with Crippen LogP contribution in [0, 0.1) is 0 Å². The van der Waals surface area contributed by atoms with Crippen molar-refractivity contribution in [2.24, 2.45) is 4.99 Å². The zero-order valence-corrected chi connectivity index (χ0v) is 10.9. The molecule has 19 heavy (non-hydrogen) atoms. The Kier molecular flexibility index (Phi) is 2.69. The maximum Gasteiger partial charge on any atom is 0.419 e. The van der Waals surface area contributed by atoms with Crippen molar-refractivity contribution < 1.29 is 18.3 Å². The van der Waals surface area contributed by atoms with Crippen molar-refractivity contribution in [2.45, 2.75) is 30.7 Å². The quantitative estimate of drug-likeness (QED) is 0.783. The Balaban J connectivity index is 2.26. The van der Waals surface area contributed by atoms with E-state index in [-0.39, 0.29) is 23.2 Å². The predicted octanol–water partition coefficient (Wildman–Crippen LogP) is 2.23. The maximum absolute atomic E-state index is 13.0. The summed E-state index contributed by atoms with van der Waals surface area (Å²) < 4.78 is 39.0. The monoisotopic (exact) mass is 309 g/mol. The van der Waals surface area contributed by atoms with Gasteiger partial charge in [0.15, 0.2) is 5.60 Å². The van der Waals surface area contributed by atoms with E-state index in [0.29, 0.717) is 15.8 Å². The molecular formula is C12H8Cl2F3NO. The van der Waals surface area contributed by atoms with Crippen molar-refractivity contribution in [2.75, 3.05) is 0 Å². The average Bonchev–Trinajstić information content (AvgIpc) is 2.78. The third-order valence-corrected chi connectivity index (χ3v) is 4.19. The minimum Gasteiger partial charge on any atom is -0.378 e. The summed E-state index contributed by atoms with van der Waals surface area (Å²) in [7, 11) is 0. The van der Waals surface area contributed by atoms with Gasteiger partial charge in [-0.05, 0) is 30.5 Å². The number of alkyl halides is 3. The first-order valence-corrected chi connectivity index (χ1v) is 6.35. The molecule has 2 nitrogen and oxygen atoms in total. The van der Waals surface area contributed by atoms with Gasteiger partial charge < -0.3 is 5.11 Å². The van der Waals surface area contributed by atoms with Gasteiger partial charge in [-0.15, -0.1) is 0 Å². The molecular weight excluding hydrogens is 302 g/mol. The van der Waals surface area contributed by atoms with Gasteiger partial charge in [0.05, 0.1) is 10.4 Å². The third-order valence-electron chi connectivity index (χ3n) is 3.68. The second-order valence-corrected chi connectivity index (χ2v) is 5.61. The van der Waals surface area contributed by atoms with E-state index in [1.165, 1.54) is 6.07 Å². The molecule has 1 aromatic carbocycles. The van der Waals surface area contributed by atoms with E-state index in [2.05, 4.69) is 4.99 Å². The summed E-state index contributed by atoms with van der Waals surface area (Å²) >= 11 is 11.8. The fourth-order valence-corrected chi connectivity index (χ4v) is 3.26. The second kappa shape index (κ2) is 3.87. The maximum atomic E-state index is 13.0. The van der Waals surface area contributed by atoms with Gasteiger partial charge in [0.2, 0.25) is 0 Å². The summed E-state index contributed by atoms with van der Waals surface area (Å²) in [5, 5.41) is 11.3. The molecule has 1 aromatic rings. The molecule has 1 aliphatic carbocycles. The van der Waals surface area contributed by atoms with Crippen LogP contribution in [-0.2, 0) is 0 Å². The van der Waals surface area contributed by atoms with E-state index >= 15 is 0 Å². The largest absolute Gasteiger partial charge is 0.419 e. The van der Waals surface area contributed by atoms with Crippen LogP contribution < -0.4 is 10.6 Å². The summed E-state index contributed by atoms with van der Waals surface area (Å²) in [6.07, 6.45) is -4.97. The van der Waals surface area contributed by atoms with E-state index in [1.54, 1.807) is 6.07 Å². The zero-order chi connectivity index (χ0) is 14.0. The lowest BCUT2D eigenvalue weighted by Gasteiger charge is -2.29. The van der Waals surface area contributed by atoms with Crippen LogP contribution in [0.4, 0.5) is 13.2 Å². The summed E-state index contributed by atoms with van der Waals surface area (Å²) in [4.78, 5) is 3.98. The van der Waals surface area contributed by atoms with E-state index in [0.717, 1.165) is 0 Å². The molecule has 1 fully saturated rings. The molecule has 2 aliphatic rings. The molecule has 1 saturated carbocycles. The van der Waals surface area contributed by atoms with Gasteiger partial charge in [0.25, 0.3) is 0 Å². The van der Waals surface area contributed by atoms with E-state index in [4.69, 9.17) is 23.2 Å².